The van der Waals surface area contributed by atoms with Gasteiger partial charge in [0, 0.05) is 10.8 Å². The quantitative estimate of drug-likeness (QED) is 0.589. The third kappa shape index (κ3) is 1.72. The Kier molecular flexibility index (Phi) is 2.41. The van der Waals surface area contributed by atoms with E-state index in [-0.39, 0.29) is 0 Å². The van der Waals surface area contributed by atoms with Crippen LogP contribution in [0.2, 0.25) is 0 Å². The van der Waals surface area contributed by atoms with Crippen molar-refractivity contribution in [2.45, 2.75) is 6.04 Å². The Bertz CT molecular complexity index is 748. The maximum absolute atomic E-state index is 6.26. The highest BCUT2D eigenvalue weighted by Crippen LogP contribution is 2.30. The summed E-state index contributed by atoms with van der Waals surface area (Å²) in [5.74, 6) is 1.43. The molecule has 2 aromatic heterocycles. The summed E-state index contributed by atoms with van der Waals surface area (Å²) in [6.07, 6.45) is 0. The summed E-state index contributed by atoms with van der Waals surface area (Å²) in [7, 11) is 0. The molecular weight excluding hydrogens is 250 g/mol. The van der Waals surface area contributed by atoms with Gasteiger partial charge >= 0.3 is 0 Å². The van der Waals surface area contributed by atoms with E-state index in [1.807, 2.05) is 60.7 Å². The molecule has 3 heteroatoms. The molecule has 20 heavy (non-hydrogen) atoms. The molecule has 98 valence electrons. The van der Waals surface area contributed by atoms with Crippen molar-refractivity contribution in [1.82, 2.24) is 0 Å². The van der Waals surface area contributed by atoms with Crippen molar-refractivity contribution < 1.29 is 8.83 Å². The summed E-state index contributed by atoms with van der Waals surface area (Å²) in [5, 5.41) is 2.10. The third-order valence-electron chi connectivity index (χ3n) is 3.50. The van der Waals surface area contributed by atoms with Crippen LogP contribution in [-0.4, -0.2) is 0 Å². The van der Waals surface area contributed by atoms with Gasteiger partial charge in [0.15, 0.2) is 0 Å². The van der Waals surface area contributed by atoms with Gasteiger partial charge in [-0.1, -0.05) is 36.4 Å². The fourth-order valence-electron chi connectivity index (χ4n) is 2.45. The van der Waals surface area contributed by atoms with Crippen LogP contribution in [-0.2, 0) is 0 Å². The van der Waals surface area contributed by atoms with Crippen molar-refractivity contribution in [2.24, 2.45) is 5.73 Å². The van der Waals surface area contributed by atoms with E-state index in [9.17, 15) is 0 Å². The van der Waals surface area contributed by atoms with Gasteiger partial charge in [0.1, 0.15) is 28.7 Å². The predicted molar refractivity (Wildman–Crippen MR) is 78.5 cm³/mol. The van der Waals surface area contributed by atoms with Crippen molar-refractivity contribution in [1.29, 1.82) is 0 Å². The van der Waals surface area contributed by atoms with Crippen LogP contribution in [0.4, 0.5) is 0 Å². The summed E-state index contributed by atoms with van der Waals surface area (Å²) >= 11 is 0. The number of furan rings is 2. The maximum atomic E-state index is 6.26. The van der Waals surface area contributed by atoms with Crippen molar-refractivity contribution in [3.05, 3.63) is 72.2 Å². The first kappa shape index (κ1) is 11.3. The number of rotatable bonds is 2. The van der Waals surface area contributed by atoms with Crippen molar-refractivity contribution in [3.8, 4) is 0 Å². The minimum absolute atomic E-state index is 0.394. The van der Waals surface area contributed by atoms with E-state index in [2.05, 4.69) is 0 Å². The number of hydrogen-bond acceptors (Lipinski definition) is 3. The standard InChI is InChI=1S/C17H13NO2/c18-17(15-9-11-5-1-3-7-13(11)19-15)16-10-12-6-2-4-8-14(12)20-16/h1-10,17H,18H2. The second-order valence-electron chi connectivity index (χ2n) is 4.85. The number of nitrogens with two attached hydrogens (primary N) is 1. The average molecular weight is 263 g/mol. The largest absolute Gasteiger partial charge is 0.459 e. The van der Waals surface area contributed by atoms with Crippen molar-refractivity contribution in [2.75, 3.05) is 0 Å². The molecule has 0 radical (unpaired) electrons. The fraction of sp³-hybridized carbons (Fsp3) is 0.0588. The Balaban J connectivity index is 1.80. The zero-order valence-electron chi connectivity index (χ0n) is 10.7. The van der Waals surface area contributed by atoms with Crippen molar-refractivity contribution >= 4 is 21.9 Å². The minimum atomic E-state index is -0.394. The summed E-state index contributed by atoms with van der Waals surface area (Å²) in [5.41, 5.74) is 7.94. The van der Waals surface area contributed by atoms with E-state index in [0.29, 0.717) is 11.5 Å². The molecule has 4 aromatic rings. The number of para-hydroxylation sites is 2. The molecule has 0 saturated heterocycles. The van der Waals surface area contributed by atoms with Gasteiger partial charge < -0.3 is 14.6 Å². The lowest BCUT2D eigenvalue weighted by molar-refractivity contribution is 0.463. The Morgan fingerprint density at radius 3 is 1.60 bits per heavy atom. The zero-order chi connectivity index (χ0) is 13.5. The summed E-state index contributed by atoms with van der Waals surface area (Å²) < 4.78 is 11.6. The Morgan fingerprint density at radius 1 is 0.700 bits per heavy atom. The molecule has 0 aliphatic carbocycles. The number of hydrogen-bond donors (Lipinski definition) is 1. The highest BCUT2D eigenvalue weighted by Gasteiger charge is 2.18. The molecule has 0 unspecified atom stereocenters. The van der Waals surface area contributed by atoms with Crippen LogP contribution in [0.1, 0.15) is 17.6 Å². The molecule has 0 amide bonds. The number of fused-ring (bicyclic) bond motifs is 2. The summed E-state index contributed by atoms with van der Waals surface area (Å²) in [6, 6.07) is 19.3. The predicted octanol–water partition coefficient (Wildman–Crippen LogP) is 4.23. The summed E-state index contributed by atoms with van der Waals surface area (Å²) in [6.45, 7) is 0. The molecule has 2 N–H and O–H groups in total. The number of benzene rings is 2. The molecule has 2 heterocycles. The Morgan fingerprint density at radius 2 is 1.15 bits per heavy atom. The van der Waals surface area contributed by atoms with Crippen LogP contribution < -0.4 is 5.73 Å². The highest BCUT2D eigenvalue weighted by atomic mass is 16.4. The van der Waals surface area contributed by atoms with Crippen LogP contribution in [0.15, 0.2) is 69.5 Å². The molecule has 0 spiro atoms. The van der Waals surface area contributed by atoms with Gasteiger partial charge in [0.2, 0.25) is 0 Å². The van der Waals surface area contributed by atoms with Crippen molar-refractivity contribution in [3.63, 3.8) is 0 Å². The smallest absolute Gasteiger partial charge is 0.134 e. The van der Waals surface area contributed by atoms with Gasteiger partial charge in [-0.3, -0.25) is 0 Å². The Labute approximate surface area is 115 Å². The fourth-order valence-corrected chi connectivity index (χ4v) is 2.45. The van der Waals surface area contributed by atoms with Crippen LogP contribution in [0.5, 0.6) is 0 Å². The van der Waals surface area contributed by atoms with E-state index in [1.54, 1.807) is 0 Å². The first-order valence-electron chi connectivity index (χ1n) is 6.54. The van der Waals surface area contributed by atoms with E-state index in [0.717, 1.165) is 21.9 Å². The van der Waals surface area contributed by atoms with Crippen LogP contribution >= 0.6 is 0 Å². The summed E-state index contributed by atoms with van der Waals surface area (Å²) in [4.78, 5) is 0. The molecule has 4 rings (SSSR count). The van der Waals surface area contributed by atoms with E-state index >= 15 is 0 Å². The SMILES string of the molecule is NC(c1cc2ccccc2o1)c1cc2ccccc2o1. The van der Waals surface area contributed by atoms with Gasteiger partial charge in [-0.15, -0.1) is 0 Å². The molecule has 0 atom stereocenters. The molecule has 2 aromatic carbocycles. The molecule has 0 aliphatic rings. The topological polar surface area (TPSA) is 52.3 Å². The normalized spacial score (nSPS) is 11.7. The highest BCUT2D eigenvalue weighted by molar-refractivity contribution is 5.79. The maximum Gasteiger partial charge on any atom is 0.134 e. The van der Waals surface area contributed by atoms with Gasteiger partial charge in [0.05, 0.1) is 0 Å². The van der Waals surface area contributed by atoms with E-state index in [1.165, 1.54) is 0 Å². The molecule has 0 aliphatic heterocycles. The molecule has 0 fully saturated rings. The van der Waals surface area contributed by atoms with Crippen LogP contribution in [0.25, 0.3) is 21.9 Å². The van der Waals surface area contributed by atoms with Crippen LogP contribution in [0, 0.1) is 0 Å². The molecule has 0 bridgehead atoms. The minimum Gasteiger partial charge on any atom is -0.459 e. The average Bonchev–Trinajstić information content (AvgIpc) is 3.10. The Hall–Kier alpha value is -2.52. The van der Waals surface area contributed by atoms with E-state index in [4.69, 9.17) is 14.6 Å². The first-order valence-corrected chi connectivity index (χ1v) is 6.54. The van der Waals surface area contributed by atoms with Gasteiger partial charge in [-0.05, 0) is 24.3 Å². The van der Waals surface area contributed by atoms with E-state index < -0.39 is 6.04 Å². The lowest BCUT2D eigenvalue weighted by atomic mass is 10.1. The van der Waals surface area contributed by atoms with Gasteiger partial charge in [-0.25, -0.2) is 0 Å². The lowest BCUT2D eigenvalue weighted by Gasteiger charge is -2.03. The first-order chi connectivity index (χ1) is 9.81. The second-order valence-corrected chi connectivity index (χ2v) is 4.85. The van der Waals surface area contributed by atoms with Gasteiger partial charge in [0.25, 0.3) is 0 Å². The zero-order valence-corrected chi connectivity index (χ0v) is 10.7. The molecule has 3 nitrogen and oxygen atoms in total. The lowest BCUT2D eigenvalue weighted by Crippen LogP contribution is -2.09. The van der Waals surface area contributed by atoms with Gasteiger partial charge in [-0.2, -0.15) is 0 Å². The molecular formula is C17H13NO2. The molecule has 0 saturated carbocycles. The third-order valence-corrected chi connectivity index (χ3v) is 3.50. The second kappa shape index (κ2) is 4.25. The van der Waals surface area contributed by atoms with Crippen LogP contribution in [0.3, 0.4) is 0 Å². The monoisotopic (exact) mass is 263 g/mol.